The maximum absolute atomic E-state index is 12.0. The van der Waals surface area contributed by atoms with Gasteiger partial charge in [-0.1, -0.05) is 5.16 Å². The Labute approximate surface area is 101 Å². The summed E-state index contributed by atoms with van der Waals surface area (Å²) in [7, 11) is 0. The molecular weight excluding hydrogens is 251 g/mol. The first kappa shape index (κ1) is 12.9. The van der Waals surface area contributed by atoms with Crippen molar-refractivity contribution < 1.29 is 22.5 Å². The molecule has 1 amide bonds. The molecule has 2 heterocycles. The molecule has 0 radical (unpaired) electrons. The number of nitrogens with one attached hydrogen (secondary N) is 2. The number of rotatable bonds is 2. The standard InChI is InChI=1S/C10H12F3N3O2/c11-10(12,13)9(17)15-8-5-7(16-18-8)6-1-3-14-4-2-6/h5-6,14H,1-4H2,(H,15,17). The van der Waals surface area contributed by atoms with Gasteiger partial charge in [-0.05, 0) is 25.9 Å². The summed E-state index contributed by atoms with van der Waals surface area (Å²) >= 11 is 0. The SMILES string of the molecule is O=C(Nc1cc(C2CCNCC2)no1)C(F)(F)F. The fraction of sp³-hybridized carbons (Fsp3) is 0.600. The molecule has 0 atom stereocenters. The van der Waals surface area contributed by atoms with Gasteiger partial charge in [0, 0.05) is 12.0 Å². The van der Waals surface area contributed by atoms with Gasteiger partial charge in [-0.15, -0.1) is 0 Å². The third-order valence-corrected chi connectivity index (χ3v) is 2.78. The molecule has 1 aliphatic rings. The minimum atomic E-state index is -4.93. The second-order valence-corrected chi connectivity index (χ2v) is 4.09. The molecule has 18 heavy (non-hydrogen) atoms. The van der Waals surface area contributed by atoms with Crippen LogP contribution in [0.1, 0.15) is 24.5 Å². The van der Waals surface area contributed by atoms with Crippen molar-refractivity contribution in [3.05, 3.63) is 11.8 Å². The topological polar surface area (TPSA) is 67.2 Å². The second-order valence-electron chi connectivity index (χ2n) is 4.09. The Hall–Kier alpha value is -1.57. The van der Waals surface area contributed by atoms with Crippen LogP contribution in [0.25, 0.3) is 0 Å². The highest BCUT2D eigenvalue weighted by atomic mass is 19.4. The summed E-state index contributed by atoms with van der Waals surface area (Å²) < 4.78 is 40.7. The Bertz CT molecular complexity index is 424. The Morgan fingerprint density at radius 3 is 2.72 bits per heavy atom. The van der Waals surface area contributed by atoms with Crippen LogP contribution in [-0.4, -0.2) is 30.3 Å². The number of hydrogen-bond acceptors (Lipinski definition) is 4. The summed E-state index contributed by atoms with van der Waals surface area (Å²) in [5.41, 5.74) is 0.578. The van der Waals surface area contributed by atoms with E-state index in [2.05, 4.69) is 15.0 Å². The van der Waals surface area contributed by atoms with Crippen molar-refractivity contribution >= 4 is 11.8 Å². The van der Waals surface area contributed by atoms with Crippen molar-refractivity contribution in [3.8, 4) is 0 Å². The van der Waals surface area contributed by atoms with Crippen molar-refractivity contribution in [2.24, 2.45) is 0 Å². The lowest BCUT2D eigenvalue weighted by molar-refractivity contribution is -0.167. The fourth-order valence-electron chi connectivity index (χ4n) is 1.84. The van der Waals surface area contributed by atoms with Crippen LogP contribution in [-0.2, 0) is 4.79 Å². The van der Waals surface area contributed by atoms with Crippen LogP contribution in [0, 0.1) is 0 Å². The Morgan fingerprint density at radius 2 is 2.11 bits per heavy atom. The van der Waals surface area contributed by atoms with E-state index >= 15 is 0 Å². The van der Waals surface area contributed by atoms with Crippen LogP contribution in [0.5, 0.6) is 0 Å². The molecule has 0 bridgehead atoms. The number of carbonyl (C=O) groups is 1. The van der Waals surface area contributed by atoms with Crippen molar-refractivity contribution in [1.82, 2.24) is 10.5 Å². The third kappa shape index (κ3) is 3.00. The smallest absolute Gasteiger partial charge is 0.338 e. The van der Waals surface area contributed by atoms with Gasteiger partial charge in [0.1, 0.15) is 0 Å². The van der Waals surface area contributed by atoms with E-state index in [1.165, 1.54) is 6.07 Å². The highest BCUT2D eigenvalue weighted by Gasteiger charge is 2.39. The lowest BCUT2D eigenvalue weighted by Crippen LogP contribution is -2.29. The van der Waals surface area contributed by atoms with Crippen LogP contribution in [0.4, 0.5) is 19.1 Å². The average Bonchev–Trinajstić information content (AvgIpc) is 2.77. The summed E-state index contributed by atoms with van der Waals surface area (Å²) in [4.78, 5) is 10.7. The molecule has 2 rings (SSSR count). The molecule has 5 nitrogen and oxygen atoms in total. The largest absolute Gasteiger partial charge is 0.471 e. The number of nitrogens with zero attached hydrogens (tertiary/aromatic N) is 1. The van der Waals surface area contributed by atoms with E-state index in [9.17, 15) is 18.0 Å². The van der Waals surface area contributed by atoms with Crippen LogP contribution in [0.2, 0.25) is 0 Å². The van der Waals surface area contributed by atoms with Gasteiger partial charge in [0.05, 0.1) is 5.69 Å². The molecule has 8 heteroatoms. The summed E-state index contributed by atoms with van der Waals surface area (Å²) in [5.74, 6) is -2.17. The molecule has 0 aromatic carbocycles. The van der Waals surface area contributed by atoms with Gasteiger partial charge in [-0.3, -0.25) is 10.1 Å². The van der Waals surface area contributed by atoms with Gasteiger partial charge >= 0.3 is 12.1 Å². The van der Waals surface area contributed by atoms with Crippen molar-refractivity contribution in [2.75, 3.05) is 18.4 Å². The van der Waals surface area contributed by atoms with E-state index in [1.807, 2.05) is 0 Å². The number of hydrogen-bond donors (Lipinski definition) is 2. The summed E-state index contributed by atoms with van der Waals surface area (Å²) in [6.07, 6.45) is -3.24. The maximum Gasteiger partial charge on any atom is 0.471 e. The summed E-state index contributed by atoms with van der Waals surface area (Å²) in [6.45, 7) is 1.67. The van der Waals surface area contributed by atoms with Gasteiger partial charge in [0.25, 0.3) is 0 Å². The lowest BCUT2D eigenvalue weighted by Gasteiger charge is -2.19. The first-order valence-corrected chi connectivity index (χ1v) is 5.52. The van der Waals surface area contributed by atoms with Gasteiger partial charge in [0.2, 0.25) is 5.88 Å². The molecule has 1 aromatic rings. The molecule has 0 saturated carbocycles. The van der Waals surface area contributed by atoms with Crippen molar-refractivity contribution in [3.63, 3.8) is 0 Å². The predicted molar refractivity (Wildman–Crippen MR) is 56.0 cm³/mol. The monoisotopic (exact) mass is 263 g/mol. The highest BCUT2D eigenvalue weighted by molar-refractivity contribution is 5.93. The van der Waals surface area contributed by atoms with E-state index in [0.717, 1.165) is 25.9 Å². The van der Waals surface area contributed by atoms with Crippen molar-refractivity contribution in [1.29, 1.82) is 0 Å². The highest BCUT2D eigenvalue weighted by Crippen LogP contribution is 2.27. The Morgan fingerprint density at radius 1 is 1.44 bits per heavy atom. The van der Waals surface area contributed by atoms with Crippen LogP contribution in [0.3, 0.4) is 0 Å². The maximum atomic E-state index is 12.0. The average molecular weight is 263 g/mol. The zero-order valence-corrected chi connectivity index (χ0v) is 9.38. The van der Waals surface area contributed by atoms with Gasteiger partial charge in [-0.2, -0.15) is 13.2 Å². The fourth-order valence-corrected chi connectivity index (χ4v) is 1.84. The Balaban J connectivity index is 1.99. The zero-order chi connectivity index (χ0) is 13.2. The molecule has 0 unspecified atom stereocenters. The van der Waals surface area contributed by atoms with E-state index in [1.54, 1.807) is 5.32 Å². The summed E-state index contributed by atoms with van der Waals surface area (Å²) in [5, 5.41) is 8.49. The van der Waals surface area contributed by atoms with Gasteiger partial charge < -0.3 is 9.84 Å². The Kier molecular flexibility index (Phi) is 3.55. The minimum Gasteiger partial charge on any atom is -0.338 e. The molecule has 1 aliphatic heterocycles. The summed E-state index contributed by atoms with van der Waals surface area (Å²) in [6, 6.07) is 1.35. The molecule has 0 aliphatic carbocycles. The first-order valence-electron chi connectivity index (χ1n) is 5.52. The minimum absolute atomic E-state index is 0.159. The van der Waals surface area contributed by atoms with E-state index < -0.39 is 12.1 Å². The number of anilines is 1. The van der Waals surface area contributed by atoms with Crippen LogP contribution >= 0.6 is 0 Å². The van der Waals surface area contributed by atoms with Crippen LogP contribution in [0.15, 0.2) is 10.6 Å². The van der Waals surface area contributed by atoms with Gasteiger partial charge in [-0.25, -0.2) is 0 Å². The molecule has 0 spiro atoms. The lowest BCUT2D eigenvalue weighted by atomic mass is 9.95. The number of amides is 1. The third-order valence-electron chi connectivity index (χ3n) is 2.78. The van der Waals surface area contributed by atoms with E-state index in [-0.39, 0.29) is 11.8 Å². The quantitative estimate of drug-likeness (QED) is 0.851. The molecule has 1 fully saturated rings. The molecule has 1 saturated heterocycles. The second kappa shape index (κ2) is 4.97. The number of piperidine rings is 1. The van der Waals surface area contributed by atoms with Crippen molar-refractivity contribution in [2.45, 2.75) is 24.9 Å². The molecule has 2 N–H and O–H groups in total. The number of aromatic nitrogens is 1. The number of carbonyl (C=O) groups excluding carboxylic acids is 1. The number of halogens is 3. The molecular formula is C10H12F3N3O2. The van der Waals surface area contributed by atoms with E-state index in [4.69, 9.17) is 0 Å². The van der Waals surface area contributed by atoms with Gasteiger partial charge in [0.15, 0.2) is 0 Å². The molecule has 1 aromatic heterocycles. The first-order chi connectivity index (χ1) is 8.47. The molecule has 100 valence electrons. The number of alkyl halides is 3. The zero-order valence-electron chi connectivity index (χ0n) is 9.38. The normalized spacial score (nSPS) is 17.7. The van der Waals surface area contributed by atoms with E-state index in [0.29, 0.717) is 5.69 Å². The predicted octanol–water partition coefficient (Wildman–Crippen LogP) is 1.64. The van der Waals surface area contributed by atoms with Crippen LogP contribution < -0.4 is 10.6 Å².